The van der Waals surface area contributed by atoms with E-state index in [1.807, 2.05) is 27.7 Å². The maximum Gasteiger partial charge on any atom is 0.333 e. The summed E-state index contributed by atoms with van der Waals surface area (Å²) in [6.07, 6.45) is 3.28. The first kappa shape index (κ1) is 45.1. The number of hydrogen-bond acceptors (Lipinski definition) is 10. The Morgan fingerprint density at radius 1 is 0.483 bits per heavy atom. The molecule has 4 aromatic rings. The minimum atomic E-state index is -0.587. The molecule has 1 aliphatic carbocycles. The molecule has 0 aliphatic heterocycles. The minimum absolute atomic E-state index is 0.00821. The van der Waals surface area contributed by atoms with E-state index in [-0.39, 0.29) is 111 Å². The van der Waals surface area contributed by atoms with Crippen molar-refractivity contribution >= 4 is 29.1 Å². The summed E-state index contributed by atoms with van der Waals surface area (Å²) >= 11 is 0. The molecular weight excluding hydrogens is 761 g/mol. The zero-order valence-electron chi connectivity index (χ0n) is 35.4. The van der Waals surface area contributed by atoms with E-state index in [9.17, 15) is 39.3 Å². The topological polar surface area (TPSA) is 164 Å². The number of carbonyl (C=O) groups excluding carboxylic acids is 5. The average molecular weight is 817 g/mol. The molecule has 0 saturated carbocycles. The number of esters is 1. The quantitative estimate of drug-likeness (QED) is 0.0356. The van der Waals surface area contributed by atoms with Crippen LogP contribution in [0.4, 0.5) is 0 Å². The second-order valence-electron chi connectivity index (χ2n) is 15.7. The van der Waals surface area contributed by atoms with Crippen molar-refractivity contribution in [1.82, 2.24) is 0 Å². The van der Waals surface area contributed by atoms with E-state index in [1.165, 1.54) is 6.92 Å². The molecule has 0 radical (unpaired) electrons. The van der Waals surface area contributed by atoms with Crippen LogP contribution in [-0.4, -0.2) is 57.6 Å². The van der Waals surface area contributed by atoms with Crippen LogP contribution in [0.3, 0.4) is 0 Å². The van der Waals surface area contributed by atoms with Crippen LogP contribution in [0.15, 0.2) is 60.7 Å². The average Bonchev–Trinajstić information content (AvgIpc) is 3.20. The van der Waals surface area contributed by atoms with E-state index in [0.29, 0.717) is 98.2 Å². The maximum absolute atomic E-state index is 13.7. The van der Waals surface area contributed by atoms with Gasteiger partial charge in [0.25, 0.3) is 0 Å². The molecule has 0 amide bonds. The lowest BCUT2D eigenvalue weighted by Crippen LogP contribution is -2.15. The molecule has 316 valence electrons. The van der Waals surface area contributed by atoms with E-state index in [2.05, 4.69) is 6.58 Å². The molecule has 0 heterocycles. The lowest BCUT2D eigenvalue weighted by molar-refractivity contribution is -0.139. The molecule has 0 atom stereocenters. The summed E-state index contributed by atoms with van der Waals surface area (Å²) in [4.78, 5) is 66.5. The highest BCUT2D eigenvalue weighted by Gasteiger charge is 2.25. The number of rotatable bonds is 17. The summed E-state index contributed by atoms with van der Waals surface area (Å²) in [5, 5.41) is 36.0. The Bertz CT molecular complexity index is 2210. The number of benzene rings is 4. The highest BCUT2D eigenvalue weighted by atomic mass is 16.6. The summed E-state index contributed by atoms with van der Waals surface area (Å²) in [7, 11) is 0. The minimum Gasteiger partial charge on any atom is -0.507 e. The van der Waals surface area contributed by atoms with Gasteiger partial charge in [0.05, 0.1) is 0 Å². The van der Waals surface area contributed by atoms with E-state index < -0.39 is 5.97 Å². The van der Waals surface area contributed by atoms with Crippen LogP contribution in [0.1, 0.15) is 172 Å². The van der Waals surface area contributed by atoms with Crippen LogP contribution in [0, 0.1) is 0 Å². The van der Waals surface area contributed by atoms with Gasteiger partial charge in [0.15, 0.2) is 23.1 Å². The second-order valence-corrected chi connectivity index (χ2v) is 15.7. The van der Waals surface area contributed by atoms with Gasteiger partial charge < -0.3 is 24.8 Å². The third kappa shape index (κ3) is 10.6. The summed E-state index contributed by atoms with van der Waals surface area (Å²) in [6, 6.07) is 13.1. The van der Waals surface area contributed by atoms with Gasteiger partial charge in [-0.25, -0.2) is 4.79 Å². The molecule has 8 bridgehead atoms. The zero-order chi connectivity index (χ0) is 43.7. The lowest BCUT2D eigenvalue weighted by atomic mass is 9.86. The van der Waals surface area contributed by atoms with Crippen LogP contribution in [0.2, 0.25) is 0 Å². The highest BCUT2D eigenvalue weighted by molar-refractivity contribution is 5.99. The van der Waals surface area contributed by atoms with Gasteiger partial charge >= 0.3 is 5.97 Å². The molecule has 5 rings (SSSR count). The van der Waals surface area contributed by atoms with Crippen molar-refractivity contribution in [3.63, 3.8) is 0 Å². The van der Waals surface area contributed by atoms with E-state index in [0.717, 1.165) is 0 Å². The molecule has 10 heteroatoms. The van der Waals surface area contributed by atoms with Gasteiger partial charge in [-0.05, 0) is 126 Å². The molecule has 60 heavy (non-hydrogen) atoms. The molecule has 0 spiro atoms. The van der Waals surface area contributed by atoms with Crippen LogP contribution in [0.25, 0.3) is 0 Å². The Kier molecular flexibility index (Phi) is 15.2. The van der Waals surface area contributed by atoms with Crippen LogP contribution in [-0.2, 0) is 35.2 Å². The Labute approximate surface area is 352 Å². The highest BCUT2D eigenvalue weighted by Crippen LogP contribution is 2.40. The first-order valence-electron chi connectivity index (χ1n) is 21.0. The number of hydrogen-bond donors (Lipinski definition) is 3. The molecule has 0 fully saturated rings. The van der Waals surface area contributed by atoms with Crippen molar-refractivity contribution in [2.24, 2.45) is 0 Å². The van der Waals surface area contributed by atoms with E-state index in [4.69, 9.17) is 9.47 Å². The van der Waals surface area contributed by atoms with Crippen molar-refractivity contribution in [3.8, 4) is 23.0 Å². The largest absolute Gasteiger partial charge is 0.507 e. The second kappa shape index (κ2) is 20.3. The summed E-state index contributed by atoms with van der Waals surface area (Å²) in [5.41, 5.74) is 4.71. The number of ether oxygens (including phenoxy) is 2. The summed E-state index contributed by atoms with van der Waals surface area (Å²) in [6.45, 7) is 12.5. The monoisotopic (exact) mass is 816 g/mol. The van der Waals surface area contributed by atoms with Crippen molar-refractivity contribution in [2.45, 2.75) is 112 Å². The fourth-order valence-corrected chi connectivity index (χ4v) is 7.64. The fourth-order valence-electron chi connectivity index (χ4n) is 7.64. The fraction of sp³-hybridized carbons (Fsp3) is 0.380. The number of Topliss-reactive ketones (excluding diaryl/α,β-unsaturated/α-hetero) is 4. The number of phenolic OH excluding ortho intramolecular Hbond substituents is 3. The van der Waals surface area contributed by atoms with Gasteiger partial charge in [0.2, 0.25) is 0 Å². The first-order valence-corrected chi connectivity index (χ1v) is 21.0. The lowest BCUT2D eigenvalue weighted by Gasteiger charge is -2.22. The van der Waals surface area contributed by atoms with E-state index in [1.54, 1.807) is 48.5 Å². The molecule has 4 aromatic carbocycles. The number of aromatic hydroxyl groups is 3. The van der Waals surface area contributed by atoms with Crippen molar-refractivity contribution < 1.29 is 48.8 Å². The standard InChI is InChI=1S/C50H56O10/c1-7-11-42(51)30-17-34-25-36-19-31(43(52)12-8-2)21-38(47(36)56)27-40-23-33(45(54)14-10-4)24-41(49(40)59-15-16-60-50(58)29(5)6)28-39-22-32(44(53)13-9-3)20-37(48(39)57)26-35(18-30)46(34)55/h17-24,55-57H,5,7-16,25-28H2,1-4,6H3. The number of carbonyl (C=O) groups is 5. The normalized spacial score (nSPS) is 12.1. The predicted octanol–water partition coefficient (Wildman–Crippen LogP) is 9.91. The van der Waals surface area contributed by atoms with Crippen molar-refractivity contribution in [3.05, 3.63) is 127 Å². The van der Waals surface area contributed by atoms with Crippen LogP contribution in [0.5, 0.6) is 23.0 Å². The Morgan fingerprint density at radius 2 is 0.750 bits per heavy atom. The number of fused-ring (bicyclic) bond motifs is 8. The van der Waals surface area contributed by atoms with Gasteiger partial charge in [0.1, 0.15) is 36.2 Å². The smallest absolute Gasteiger partial charge is 0.333 e. The molecular formula is C50H56O10. The van der Waals surface area contributed by atoms with Crippen LogP contribution < -0.4 is 4.74 Å². The van der Waals surface area contributed by atoms with Crippen molar-refractivity contribution in [2.75, 3.05) is 13.2 Å². The van der Waals surface area contributed by atoms with Gasteiger partial charge in [-0.2, -0.15) is 0 Å². The van der Waals surface area contributed by atoms with Gasteiger partial charge in [0, 0.05) is 79.2 Å². The SMILES string of the molecule is C=C(C)C(=O)OCCOc1c2cc(C(=O)CCC)cc1Cc1cc(C(=O)CCC)cc(c1O)Cc1cc(C(=O)CCC)cc(c1O)Cc1cc(C(=O)CCC)cc(c1O)C2. The summed E-state index contributed by atoms with van der Waals surface area (Å²) in [5.74, 6) is -1.22. The third-order valence-electron chi connectivity index (χ3n) is 10.7. The molecule has 1 aliphatic rings. The maximum atomic E-state index is 13.7. The molecule has 0 saturated heterocycles. The molecule has 0 aromatic heterocycles. The molecule has 0 unspecified atom stereocenters. The van der Waals surface area contributed by atoms with E-state index >= 15 is 0 Å². The first-order chi connectivity index (χ1) is 28.7. The summed E-state index contributed by atoms with van der Waals surface area (Å²) < 4.78 is 11.8. The number of ketones is 4. The zero-order valence-corrected chi connectivity index (χ0v) is 35.4. The Hall–Kier alpha value is -6.03. The van der Waals surface area contributed by atoms with Crippen LogP contribution >= 0.6 is 0 Å². The van der Waals surface area contributed by atoms with Crippen molar-refractivity contribution in [1.29, 1.82) is 0 Å². The molecule has 3 N–H and O–H groups in total. The molecule has 10 nitrogen and oxygen atoms in total. The predicted molar refractivity (Wildman–Crippen MR) is 230 cm³/mol. The third-order valence-corrected chi connectivity index (χ3v) is 10.7. The van der Waals surface area contributed by atoms with Gasteiger partial charge in [-0.3, -0.25) is 19.2 Å². The Morgan fingerprint density at radius 3 is 1.02 bits per heavy atom. The van der Waals surface area contributed by atoms with Gasteiger partial charge in [-0.15, -0.1) is 0 Å². The Balaban J connectivity index is 1.85. The van der Waals surface area contributed by atoms with Gasteiger partial charge in [-0.1, -0.05) is 34.3 Å². The number of phenols is 3.